The van der Waals surface area contributed by atoms with Gasteiger partial charge in [-0.05, 0) is 5.92 Å². The molecule has 2 aromatic rings. The Balaban J connectivity index is 1.49. The molecule has 0 radical (unpaired) electrons. The van der Waals surface area contributed by atoms with E-state index in [0.717, 1.165) is 29.0 Å². The lowest BCUT2D eigenvalue weighted by Crippen LogP contribution is -2.46. The molecule has 8 atom stereocenters. The second kappa shape index (κ2) is 19.8. The molecule has 3 unspecified atom stereocenters. The van der Waals surface area contributed by atoms with E-state index in [1.165, 1.54) is 13.8 Å². The van der Waals surface area contributed by atoms with Gasteiger partial charge >= 0.3 is 23.5 Å². The number of phosphoric acid groups is 3. The van der Waals surface area contributed by atoms with E-state index in [0.29, 0.717) is 5.75 Å². The van der Waals surface area contributed by atoms with E-state index < -0.39 is 84.6 Å². The molecule has 0 aromatic carbocycles. The summed E-state index contributed by atoms with van der Waals surface area (Å²) in [6, 6.07) is 0. The third kappa shape index (κ3) is 14.4. The highest BCUT2D eigenvalue weighted by atomic mass is 32.2. The summed E-state index contributed by atoms with van der Waals surface area (Å²) in [7, 11) is -16.4. The zero-order valence-electron chi connectivity index (χ0n) is 29.5. The molecule has 3 heterocycles. The van der Waals surface area contributed by atoms with Crippen LogP contribution >= 0.6 is 35.2 Å². The number of aliphatic hydroxyl groups excluding tert-OH is 3. The smallest absolute Gasteiger partial charge is 0.396 e. The first-order chi connectivity index (χ1) is 25.4. The van der Waals surface area contributed by atoms with Crippen molar-refractivity contribution in [3.8, 4) is 0 Å². The average molecular weight is 868 g/mol. The number of hydrogen-bond acceptors (Lipinski definition) is 19. The maximum absolute atomic E-state index is 12.7. The number of anilines is 1. The Morgan fingerprint density at radius 1 is 1.07 bits per heavy atom. The number of rotatable bonds is 22. The highest BCUT2D eigenvalue weighted by Crippen LogP contribution is 2.61. The van der Waals surface area contributed by atoms with Crippen molar-refractivity contribution in [2.75, 3.05) is 44.4 Å². The number of nitrogens with two attached hydrogens (primary N) is 1. The number of carbonyl (C=O) groups excluding carboxylic acids is 3. The maximum Gasteiger partial charge on any atom is 0.481 e. The van der Waals surface area contributed by atoms with Crippen molar-refractivity contribution in [2.24, 2.45) is 11.3 Å². The van der Waals surface area contributed by atoms with E-state index >= 15 is 0 Å². The fourth-order valence-corrected chi connectivity index (χ4v) is 8.37. The number of imidazole rings is 1. The quantitative estimate of drug-likeness (QED) is 0.0485. The van der Waals surface area contributed by atoms with Crippen LogP contribution in [0.25, 0.3) is 11.2 Å². The molecule has 1 fully saturated rings. The van der Waals surface area contributed by atoms with Crippen molar-refractivity contribution < 1.29 is 85.6 Å². The summed E-state index contributed by atoms with van der Waals surface area (Å²) in [6.45, 7) is 2.00. The number of phosphoric ester groups is 3. The van der Waals surface area contributed by atoms with Gasteiger partial charge in [-0.15, -0.1) is 0 Å². The number of aromatic nitrogens is 4. The molecule has 3 rings (SSSR count). The predicted molar refractivity (Wildman–Crippen MR) is 188 cm³/mol. The Hall–Kier alpha value is -2.48. The van der Waals surface area contributed by atoms with Gasteiger partial charge in [-0.1, -0.05) is 32.5 Å². The van der Waals surface area contributed by atoms with Crippen molar-refractivity contribution in [2.45, 2.75) is 64.3 Å². The molecule has 11 N–H and O–H groups in total. The van der Waals surface area contributed by atoms with E-state index in [-0.39, 0.29) is 60.6 Å². The van der Waals surface area contributed by atoms with Gasteiger partial charge in [-0.25, -0.2) is 28.6 Å². The lowest BCUT2D eigenvalue weighted by Gasteiger charge is -2.30. The summed E-state index contributed by atoms with van der Waals surface area (Å²) >= 11 is 1.00. The molecule has 0 spiro atoms. The van der Waals surface area contributed by atoms with E-state index in [1.807, 2.05) is 0 Å². The van der Waals surface area contributed by atoms with Crippen molar-refractivity contribution in [3.63, 3.8) is 0 Å². The van der Waals surface area contributed by atoms with Gasteiger partial charge in [0.15, 0.2) is 22.8 Å². The van der Waals surface area contributed by atoms with Gasteiger partial charge in [0.2, 0.25) is 11.8 Å². The Morgan fingerprint density at radius 3 is 2.40 bits per heavy atom. The van der Waals surface area contributed by atoms with Crippen LogP contribution in [0.15, 0.2) is 12.7 Å². The standard InChI is InChI=1S/C26H44N7O18P3S/c1-14(9-34)8-17(36)55-7-6-28-16(35)4-5-29-24(39)21(38)26(2,3)11-48-54(45,46)51-53(43,44)47-10-15-20(50-52(40,41)42)19(37)25(49-15)33-13-32-18-22(27)30-12-31-23(18)33/h12-15,19-21,25,34,37-38H,4-11H2,1-3H3,(H,28,35)(H,29,39)(H,43,44)(H,45,46)(H2,27,30,31)(H2,40,41,42)/t14?,15-,19-,20-,21+,25-/m1/s1. The normalized spacial score (nSPS) is 22.4. The second-order valence-corrected chi connectivity index (χ2v) is 18.2. The topological polar surface area (TPSA) is 384 Å². The largest absolute Gasteiger partial charge is 0.481 e. The Bertz CT molecular complexity index is 1800. The van der Waals surface area contributed by atoms with Gasteiger partial charge in [-0.2, -0.15) is 4.31 Å². The van der Waals surface area contributed by atoms with Gasteiger partial charge < -0.3 is 56.0 Å². The van der Waals surface area contributed by atoms with Crippen LogP contribution in [0.5, 0.6) is 0 Å². The van der Waals surface area contributed by atoms with Gasteiger partial charge in [0.1, 0.15) is 36.3 Å². The van der Waals surface area contributed by atoms with Crippen LogP contribution < -0.4 is 16.4 Å². The van der Waals surface area contributed by atoms with Crippen LogP contribution in [-0.4, -0.2) is 134 Å². The van der Waals surface area contributed by atoms with Gasteiger partial charge in [0.25, 0.3) is 0 Å². The van der Waals surface area contributed by atoms with Crippen LogP contribution in [0.2, 0.25) is 0 Å². The van der Waals surface area contributed by atoms with Crippen LogP contribution in [0, 0.1) is 11.3 Å². The minimum Gasteiger partial charge on any atom is -0.396 e. The van der Waals surface area contributed by atoms with Crippen LogP contribution in [-0.2, 0) is 50.7 Å². The third-order valence-corrected chi connectivity index (χ3v) is 11.6. The Labute approximate surface area is 317 Å². The summed E-state index contributed by atoms with van der Waals surface area (Å²) < 4.78 is 62.0. The molecule has 0 aliphatic carbocycles. The number of nitrogen functional groups attached to an aromatic ring is 1. The average Bonchev–Trinajstić information content (AvgIpc) is 3.64. The number of hydrogen-bond donors (Lipinski definition) is 10. The van der Waals surface area contributed by atoms with Gasteiger partial charge in [-0.3, -0.25) is 32.5 Å². The maximum atomic E-state index is 12.7. The summed E-state index contributed by atoms with van der Waals surface area (Å²) in [5, 5.41) is 35.1. The van der Waals surface area contributed by atoms with Crippen molar-refractivity contribution >= 4 is 69.1 Å². The van der Waals surface area contributed by atoms with Crippen molar-refractivity contribution in [3.05, 3.63) is 12.7 Å². The second-order valence-electron chi connectivity index (χ2n) is 12.8. The molecule has 2 amide bonds. The van der Waals surface area contributed by atoms with E-state index in [4.69, 9.17) is 24.6 Å². The minimum atomic E-state index is -5.57. The Morgan fingerprint density at radius 2 is 1.75 bits per heavy atom. The zero-order chi connectivity index (χ0) is 41.4. The number of carbonyl (C=O) groups is 3. The molecule has 312 valence electrons. The Kier molecular flexibility index (Phi) is 16.9. The highest BCUT2D eigenvalue weighted by molar-refractivity contribution is 8.13. The first kappa shape index (κ1) is 46.9. The van der Waals surface area contributed by atoms with Crippen molar-refractivity contribution in [1.82, 2.24) is 30.2 Å². The zero-order valence-corrected chi connectivity index (χ0v) is 33.0. The molecule has 1 aliphatic rings. The highest BCUT2D eigenvalue weighted by Gasteiger charge is 2.50. The molecule has 29 heteroatoms. The summed E-state index contributed by atoms with van der Waals surface area (Å²) in [6.07, 6.45) is -6.78. The molecular weight excluding hydrogens is 823 g/mol. The monoisotopic (exact) mass is 867 g/mol. The minimum absolute atomic E-state index is 0.0265. The third-order valence-electron chi connectivity index (χ3n) is 7.59. The number of thioether (sulfide) groups is 1. The molecule has 25 nitrogen and oxygen atoms in total. The number of aliphatic hydroxyl groups is 3. The van der Waals surface area contributed by atoms with E-state index in [2.05, 4.69) is 34.4 Å². The van der Waals surface area contributed by atoms with E-state index in [1.54, 1.807) is 6.92 Å². The van der Waals surface area contributed by atoms with E-state index in [9.17, 15) is 57.9 Å². The van der Waals surface area contributed by atoms with Gasteiger partial charge in [0, 0.05) is 43.7 Å². The predicted octanol–water partition coefficient (Wildman–Crippen LogP) is -1.32. The lowest BCUT2D eigenvalue weighted by atomic mass is 9.87. The number of amides is 2. The number of fused-ring (bicyclic) bond motifs is 1. The molecule has 0 bridgehead atoms. The fourth-order valence-electron chi connectivity index (χ4n) is 4.70. The summed E-state index contributed by atoms with van der Waals surface area (Å²) in [5.41, 5.74) is 4.24. The molecule has 0 saturated carbocycles. The molecule has 2 aromatic heterocycles. The van der Waals surface area contributed by atoms with Crippen LogP contribution in [0.4, 0.5) is 5.82 Å². The summed E-state index contributed by atoms with van der Waals surface area (Å²) in [5.74, 6) is -1.38. The SMILES string of the molecule is CC(CO)CC(=O)SCCNC(=O)CCNC(=O)[C@H](O)C(C)(C)COP(=O)(O)OP(=O)(O)OC[C@H]1O[C@@H](n2cnc3c(N)ncnc32)[C@H](O)[C@@H]1OP(=O)(O)O. The molecule has 1 aliphatic heterocycles. The first-order valence-corrected chi connectivity index (χ1v) is 21.6. The number of ether oxygens (including phenoxy) is 1. The molecule has 55 heavy (non-hydrogen) atoms. The lowest BCUT2D eigenvalue weighted by molar-refractivity contribution is -0.137. The number of nitrogens with one attached hydrogen (secondary N) is 2. The molecule has 1 saturated heterocycles. The van der Waals surface area contributed by atoms with Crippen LogP contribution in [0.3, 0.4) is 0 Å². The molecular formula is C26H44N7O18P3S. The number of nitrogens with zero attached hydrogens (tertiary/aromatic N) is 4. The first-order valence-electron chi connectivity index (χ1n) is 16.1. The van der Waals surface area contributed by atoms with Crippen molar-refractivity contribution in [1.29, 1.82) is 0 Å². The van der Waals surface area contributed by atoms with Gasteiger partial charge in [0.05, 0.1) is 19.5 Å². The fraction of sp³-hybridized carbons (Fsp3) is 0.692. The van der Waals surface area contributed by atoms with Crippen LogP contribution in [0.1, 0.15) is 39.8 Å². The summed E-state index contributed by atoms with van der Waals surface area (Å²) in [4.78, 5) is 87.2.